The molecule has 16 heteroatoms. The van der Waals surface area contributed by atoms with Crippen LogP contribution in [-0.4, -0.2) is 175 Å². The Morgan fingerprint density at radius 1 is 0.372 bits per heavy atom. The first kappa shape index (κ1) is 58.6. The first-order chi connectivity index (χ1) is 37.6. The lowest BCUT2D eigenvalue weighted by atomic mass is 9.82. The summed E-state index contributed by atoms with van der Waals surface area (Å²) in [5.74, 6) is -1.42. The maximum absolute atomic E-state index is 14.4. The molecule has 4 amide bonds. The van der Waals surface area contributed by atoms with E-state index >= 15 is 0 Å². The Hall–Kier alpha value is -5.50. The van der Waals surface area contributed by atoms with Crippen LogP contribution in [0, 0.1) is 0 Å². The van der Waals surface area contributed by atoms with Crippen LogP contribution in [-0.2, 0) is 53.8 Å². The predicted octanol–water partition coefficient (Wildman–Crippen LogP) is 9.46. The van der Waals surface area contributed by atoms with E-state index in [1.165, 1.54) is 9.80 Å². The topological polar surface area (TPSA) is 167 Å². The predicted molar refractivity (Wildman–Crippen MR) is 299 cm³/mol. The number of carbonyl (C=O) groups is 4. The maximum atomic E-state index is 14.4. The molecule has 2 aliphatic heterocycles. The molecule has 9 atom stereocenters. The number of benzene rings is 6. The highest BCUT2D eigenvalue weighted by Gasteiger charge is 2.39. The van der Waals surface area contributed by atoms with Gasteiger partial charge in [-0.2, -0.15) is 0 Å². The van der Waals surface area contributed by atoms with Crippen LogP contribution in [0.2, 0.25) is 0 Å². The van der Waals surface area contributed by atoms with Crippen LogP contribution in [0.1, 0.15) is 109 Å². The summed E-state index contributed by atoms with van der Waals surface area (Å²) in [5, 5.41) is 6.23. The molecule has 78 heavy (non-hydrogen) atoms. The van der Waals surface area contributed by atoms with Crippen LogP contribution >= 0.6 is 0 Å². The van der Waals surface area contributed by atoms with Crippen molar-refractivity contribution < 1.29 is 66.5 Å². The number of methoxy groups -OCH3 is 1. The zero-order valence-corrected chi connectivity index (χ0v) is 47.0. The Labute approximate surface area is 458 Å². The fourth-order valence-electron chi connectivity index (χ4n) is 10.1. The van der Waals surface area contributed by atoms with Crippen molar-refractivity contribution in [1.82, 2.24) is 9.80 Å². The number of amides is 4. The molecule has 6 aromatic rings. The van der Waals surface area contributed by atoms with E-state index in [4.69, 9.17) is 47.4 Å². The van der Waals surface area contributed by atoms with Gasteiger partial charge in [0, 0.05) is 46.7 Å². The second kappa shape index (κ2) is 27.1. The van der Waals surface area contributed by atoms with Crippen LogP contribution in [0.25, 0.3) is 43.1 Å². The highest BCUT2D eigenvalue weighted by Crippen LogP contribution is 2.46. The molecule has 0 radical (unpaired) electrons. The molecular formula is C62H78N2O14. The Balaban J connectivity index is 0.756. The molecule has 0 spiro atoms. The van der Waals surface area contributed by atoms with Gasteiger partial charge in [0.05, 0.1) is 128 Å². The normalized spacial score (nSPS) is 17.4. The van der Waals surface area contributed by atoms with Gasteiger partial charge in [0.2, 0.25) is 0 Å². The molecule has 2 aliphatic rings. The van der Waals surface area contributed by atoms with Gasteiger partial charge in [0.25, 0.3) is 23.6 Å². The van der Waals surface area contributed by atoms with Gasteiger partial charge in [-0.3, -0.25) is 29.0 Å². The van der Waals surface area contributed by atoms with E-state index in [0.29, 0.717) is 98.9 Å². The lowest BCUT2D eigenvalue weighted by molar-refractivity contribution is -0.110. The molecule has 6 aromatic carbocycles. The molecular weight excluding hydrogens is 997 g/mol. The summed E-state index contributed by atoms with van der Waals surface area (Å²) in [6.07, 6.45) is -0.672. The van der Waals surface area contributed by atoms with Crippen molar-refractivity contribution in [2.75, 3.05) is 86.3 Å². The van der Waals surface area contributed by atoms with Gasteiger partial charge in [-0.1, -0.05) is 54.6 Å². The van der Waals surface area contributed by atoms with Crippen molar-refractivity contribution >= 4 is 66.7 Å². The van der Waals surface area contributed by atoms with Gasteiger partial charge in [-0.05, 0) is 131 Å². The molecule has 0 saturated heterocycles. The van der Waals surface area contributed by atoms with E-state index in [9.17, 15) is 19.2 Å². The first-order valence-corrected chi connectivity index (χ1v) is 27.5. The molecule has 0 saturated carbocycles. The van der Waals surface area contributed by atoms with E-state index in [0.717, 1.165) is 37.9 Å². The Morgan fingerprint density at radius 2 is 0.705 bits per heavy atom. The molecule has 0 aliphatic carbocycles. The van der Waals surface area contributed by atoms with Crippen molar-refractivity contribution in [3.63, 3.8) is 0 Å². The zero-order valence-electron chi connectivity index (χ0n) is 47.0. The molecule has 2 heterocycles. The molecule has 0 N–H and O–H groups in total. The van der Waals surface area contributed by atoms with Crippen molar-refractivity contribution in [1.29, 1.82) is 0 Å². The molecule has 9 unspecified atom stereocenters. The van der Waals surface area contributed by atoms with Crippen LogP contribution in [0.3, 0.4) is 0 Å². The Bertz CT molecular complexity index is 2880. The van der Waals surface area contributed by atoms with Crippen LogP contribution in [0.4, 0.5) is 0 Å². The molecule has 420 valence electrons. The van der Waals surface area contributed by atoms with Crippen LogP contribution in [0.15, 0.2) is 78.9 Å². The summed E-state index contributed by atoms with van der Waals surface area (Å²) in [7, 11) is 1.65. The van der Waals surface area contributed by atoms with Crippen molar-refractivity contribution in [2.24, 2.45) is 0 Å². The number of imide groups is 2. The summed E-state index contributed by atoms with van der Waals surface area (Å²) >= 11 is 0. The minimum absolute atomic E-state index is 0.0328. The van der Waals surface area contributed by atoms with Crippen LogP contribution in [0.5, 0.6) is 0 Å². The number of ether oxygens (including phenoxy) is 10. The smallest absolute Gasteiger partial charge is 0.261 e. The van der Waals surface area contributed by atoms with E-state index in [1.54, 1.807) is 31.4 Å². The lowest BCUT2D eigenvalue weighted by Gasteiger charge is -2.33. The van der Waals surface area contributed by atoms with Crippen molar-refractivity contribution in [3.05, 3.63) is 107 Å². The van der Waals surface area contributed by atoms with E-state index in [-0.39, 0.29) is 80.4 Å². The minimum atomic E-state index is -0.574. The fraction of sp³-hybridized carbons (Fsp3) is 0.516. The molecule has 0 aromatic heterocycles. The van der Waals surface area contributed by atoms with Gasteiger partial charge in [-0.15, -0.1) is 0 Å². The summed E-state index contributed by atoms with van der Waals surface area (Å²) in [5.41, 5.74) is 2.87. The van der Waals surface area contributed by atoms with E-state index in [2.05, 4.69) is 0 Å². The van der Waals surface area contributed by atoms with E-state index in [1.807, 2.05) is 117 Å². The lowest BCUT2D eigenvalue weighted by Crippen LogP contribution is -2.48. The third kappa shape index (κ3) is 13.7. The van der Waals surface area contributed by atoms with Gasteiger partial charge in [0.15, 0.2) is 0 Å². The van der Waals surface area contributed by atoms with Gasteiger partial charge in [-0.25, -0.2) is 0 Å². The second-order valence-electron chi connectivity index (χ2n) is 21.2. The molecule has 8 rings (SSSR count). The average molecular weight is 1080 g/mol. The molecule has 0 fully saturated rings. The largest absolute Gasteiger partial charge is 0.382 e. The van der Waals surface area contributed by atoms with E-state index < -0.39 is 17.9 Å². The fourth-order valence-corrected chi connectivity index (χ4v) is 10.1. The Kier molecular flexibility index (Phi) is 20.4. The average Bonchev–Trinajstić information content (AvgIpc) is 3.50. The van der Waals surface area contributed by atoms with Gasteiger partial charge >= 0.3 is 0 Å². The second-order valence-corrected chi connectivity index (χ2v) is 21.2. The molecule has 0 bridgehead atoms. The quantitative estimate of drug-likeness (QED) is 0.0165. The SMILES string of the molecule is COCCOCC(C)OCC(C)OCC(C)OCC(C)OCC(C)OCC(C)OCC(C)OCC(C)OCC(C)N1C(=O)c2ccc3c4ccc5c6c(ccc(c7ccc(c2c37)C1=O)c64)C(=O)N(CCc1ccccc1)C5=O. The summed E-state index contributed by atoms with van der Waals surface area (Å²) in [6.45, 7) is 22.2. The first-order valence-electron chi connectivity index (χ1n) is 27.5. The number of nitrogens with zero attached hydrogens (tertiary/aromatic N) is 2. The third-order valence-electron chi connectivity index (χ3n) is 14.4. The highest BCUT2D eigenvalue weighted by atomic mass is 16.6. The maximum Gasteiger partial charge on any atom is 0.261 e. The standard InChI is InChI=1S/C62H78N2O14/c1-37(28-71-39(3)30-73-41(5)32-75-43(7)34-77-45(9)36-78-44(8)35-76-42(6)33-74-40(4)31-72-38(2)29-70-27-26-69-10)64-61(67)53-22-18-49-47-16-20-51-57-52(60(66)63(59(51)65)25-24-46-14-12-11-13-15-46)21-17-48(55(47)57)50-19-23-54(62(64)68)58(53)56(49)50/h11-23,37-45H,24-36H2,1-10H3. The number of rotatable bonds is 33. The van der Waals surface area contributed by atoms with Crippen molar-refractivity contribution in [3.8, 4) is 0 Å². The zero-order chi connectivity index (χ0) is 55.6. The number of carbonyl (C=O) groups excluding carboxylic acids is 4. The van der Waals surface area contributed by atoms with Gasteiger partial charge in [0.1, 0.15) is 0 Å². The highest BCUT2D eigenvalue weighted by molar-refractivity contribution is 6.41. The summed E-state index contributed by atoms with van der Waals surface area (Å²) in [6, 6.07) is 24.1. The summed E-state index contributed by atoms with van der Waals surface area (Å²) in [4.78, 5) is 59.4. The monoisotopic (exact) mass is 1070 g/mol. The number of hydrogen-bond donors (Lipinski definition) is 0. The summed E-state index contributed by atoms with van der Waals surface area (Å²) < 4.78 is 58.5. The van der Waals surface area contributed by atoms with Crippen molar-refractivity contribution in [2.45, 2.75) is 124 Å². The Morgan fingerprint density at radius 3 is 1.06 bits per heavy atom. The minimum Gasteiger partial charge on any atom is -0.382 e. The third-order valence-corrected chi connectivity index (χ3v) is 14.4. The van der Waals surface area contributed by atoms with Gasteiger partial charge < -0.3 is 47.4 Å². The number of fused-ring (bicyclic) bond motifs is 2. The number of hydrogen-bond acceptors (Lipinski definition) is 14. The molecule has 16 nitrogen and oxygen atoms in total. The van der Waals surface area contributed by atoms with Crippen LogP contribution < -0.4 is 0 Å².